The molecule has 0 saturated carbocycles. The summed E-state index contributed by atoms with van der Waals surface area (Å²) in [6.45, 7) is 19.2. The van der Waals surface area contributed by atoms with Crippen molar-refractivity contribution in [3.05, 3.63) is 24.3 Å². The van der Waals surface area contributed by atoms with E-state index in [0.29, 0.717) is 10.3 Å². The maximum atomic E-state index is 9.75. The first-order valence-electron chi connectivity index (χ1n) is 9.16. The van der Waals surface area contributed by atoms with Crippen molar-refractivity contribution < 1.29 is 36.7 Å². The fourth-order valence-corrected chi connectivity index (χ4v) is 6.04. The minimum absolute atomic E-state index is 0. The monoisotopic (exact) mass is 516 g/mol. The van der Waals surface area contributed by atoms with Gasteiger partial charge in [-0.1, -0.05) is 65.8 Å². The molecule has 163 valence electrons. The summed E-state index contributed by atoms with van der Waals surface area (Å²) in [5, 5.41) is 1.09. The second kappa shape index (κ2) is 12.4. The summed E-state index contributed by atoms with van der Waals surface area (Å²) >= 11 is 0. The molecule has 0 aliphatic heterocycles. The van der Waals surface area contributed by atoms with Gasteiger partial charge in [-0.25, -0.2) is 0 Å². The SMILES string of the molecule is C1=CC2C=CC1C2.CP(CCP(C)C(C)(C)C)C(C)(C)C.F[B-](F)(F)F.[Rh]. The van der Waals surface area contributed by atoms with Gasteiger partial charge in [0.25, 0.3) is 0 Å². The molecule has 0 aromatic carbocycles. The first-order valence-corrected chi connectivity index (χ1v) is 13.1. The fourth-order valence-electron chi connectivity index (χ4n) is 2.30. The third kappa shape index (κ3) is 16.3. The second-order valence-corrected chi connectivity index (χ2v) is 15.4. The minimum atomic E-state index is -6.00. The van der Waals surface area contributed by atoms with Crippen molar-refractivity contribution in [2.24, 2.45) is 11.8 Å². The van der Waals surface area contributed by atoms with Crippen LogP contribution < -0.4 is 0 Å². The van der Waals surface area contributed by atoms with Crippen molar-refractivity contribution in [2.75, 3.05) is 25.7 Å². The molecule has 27 heavy (non-hydrogen) atoms. The number of hydrogen-bond acceptors (Lipinski definition) is 0. The maximum absolute atomic E-state index is 9.75. The van der Waals surface area contributed by atoms with E-state index < -0.39 is 7.25 Å². The van der Waals surface area contributed by atoms with Gasteiger partial charge in [0.15, 0.2) is 0 Å². The predicted molar refractivity (Wildman–Crippen MR) is 115 cm³/mol. The molecule has 2 atom stereocenters. The number of rotatable bonds is 3. The van der Waals surface area contributed by atoms with Crippen LogP contribution in [0.2, 0.25) is 0 Å². The Morgan fingerprint density at radius 3 is 1.07 bits per heavy atom. The Bertz CT molecular complexity index is 414. The third-order valence-electron chi connectivity index (χ3n) is 4.82. The summed E-state index contributed by atoms with van der Waals surface area (Å²) in [5.74, 6) is 1.62. The predicted octanol–water partition coefficient (Wildman–Crippen LogP) is 7.85. The van der Waals surface area contributed by atoms with Gasteiger partial charge in [0.05, 0.1) is 0 Å². The van der Waals surface area contributed by atoms with Crippen LogP contribution in [0.25, 0.3) is 0 Å². The van der Waals surface area contributed by atoms with Crippen LogP contribution in [0.1, 0.15) is 48.0 Å². The Kier molecular flexibility index (Phi) is 13.8. The minimum Gasteiger partial charge on any atom is -0.418 e. The van der Waals surface area contributed by atoms with E-state index >= 15 is 0 Å². The third-order valence-corrected chi connectivity index (χ3v) is 11.5. The molecular formula is C19H36BF4P2Rh-. The second-order valence-electron chi connectivity index (χ2n) is 9.01. The molecule has 0 N–H and O–H groups in total. The number of hydrogen-bond donors (Lipinski definition) is 0. The topological polar surface area (TPSA) is 0 Å². The molecule has 0 aromatic rings. The summed E-state index contributed by atoms with van der Waals surface area (Å²) in [6.07, 6.45) is 13.5. The van der Waals surface area contributed by atoms with Crippen LogP contribution in [0.3, 0.4) is 0 Å². The van der Waals surface area contributed by atoms with Crippen LogP contribution in [0, 0.1) is 11.8 Å². The van der Waals surface area contributed by atoms with Crippen LogP contribution in [-0.2, 0) is 19.5 Å². The van der Waals surface area contributed by atoms with Gasteiger partial charge in [-0.05, 0) is 54.2 Å². The van der Waals surface area contributed by atoms with Crippen molar-refractivity contribution in [3.63, 3.8) is 0 Å². The molecule has 0 amide bonds. The van der Waals surface area contributed by atoms with Crippen molar-refractivity contribution in [1.82, 2.24) is 0 Å². The Labute approximate surface area is 179 Å². The Morgan fingerprint density at radius 2 is 0.963 bits per heavy atom. The van der Waals surface area contributed by atoms with E-state index in [1.807, 2.05) is 0 Å². The molecule has 8 heteroatoms. The zero-order valence-electron chi connectivity index (χ0n) is 17.9. The number of fused-ring (bicyclic) bond motifs is 2. The van der Waals surface area contributed by atoms with Crippen LogP contribution in [0.15, 0.2) is 24.3 Å². The zero-order valence-corrected chi connectivity index (χ0v) is 21.3. The van der Waals surface area contributed by atoms with Crippen LogP contribution in [-0.4, -0.2) is 43.2 Å². The molecule has 0 nitrogen and oxygen atoms in total. The van der Waals surface area contributed by atoms with E-state index in [1.54, 1.807) is 0 Å². The summed E-state index contributed by atoms with van der Waals surface area (Å²) < 4.78 is 39.0. The first kappa shape index (κ1) is 29.9. The van der Waals surface area contributed by atoms with Crippen LogP contribution in [0.5, 0.6) is 0 Å². The zero-order chi connectivity index (χ0) is 20.8. The van der Waals surface area contributed by atoms with E-state index in [1.165, 1.54) is 18.7 Å². The molecular weight excluding hydrogens is 480 g/mol. The molecule has 0 heterocycles. The summed E-state index contributed by atoms with van der Waals surface area (Å²) in [5.41, 5.74) is 0. The van der Waals surface area contributed by atoms with Crippen molar-refractivity contribution in [1.29, 1.82) is 0 Å². The molecule has 2 aliphatic rings. The van der Waals surface area contributed by atoms with E-state index in [0.717, 1.165) is 11.8 Å². The van der Waals surface area contributed by atoms with Crippen molar-refractivity contribution >= 4 is 23.1 Å². The molecule has 0 saturated heterocycles. The van der Waals surface area contributed by atoms with Gasteiger partial charge in [0, 0.05) is 19.5 Å². The molecule has 0 spiro atoms. The summed E-state index contributed by atoms with van der Waals surface area (Å²) in [6, 6.07) is 0. The Hall–Kier alpha value is 0.748. The first-order chi connectivity index (χ1) is 11.5. The normalized spacial score (nSPS) is 22.8. The molecule has 2 aliphatic carbocycles. The molecule has 2 bridgehead atoms. The van der Waals surface area contributed by atoms with Gasteiger partial charge < -0.3 is 17.3 Å². The van der Waals surface area contributed by atoms with Gasteiger partial charge in [0.2, 0.25) is 0 Å². The summed E-state index contributed by atoms with van der Waals surface area (Å²) in [4.78, 5) is 0. The number of halogens is 4. The molecule has 0 aromatic heterocycles. The largest absolute Gasteiger partial charge is 0.673 e. The van der Waals surface area contributed by atoms with Gasteiger partial charge in [-0.2, -0.15) is 0 Å². The Morgan fingerprint density at radius 1 is 0.741 bits per heavy atom. The maximum Gasteiger partial charge on any atom is 0.673 e. The van der Waals surface area contributed by atoms with Crippen LogP contribution >= 0.6 is 15.8 Å². The van der Waals surface area contributed by atoms with E-state index in [-0.39, 0.29) is 35.3 Å². The molecule has 0 fully saturated rings. The van der Waals surface area contributed by atoms with Crippen molar-refractivity contribution in [2.45, 2.75) is 58.3 Å². The smallest absolute Gasteiger partial charge is 0.418 e. The van der Waals surface area contributed by atoms with E-state index in [4.69, 9.17) is 0 Å². The Balaban J connectivity index is 0. The van der Waals surface area contributed by atoms with Gasteiger partial charge in [-0.15, -0.1) is 15.8 Å². The number of allylic oxidation sites excluding steroid dienone is 4. The fraction of sp³-hybridized carbons (Fsp3) is 0.789. The van der Waals surface area contributed by atoms with Crippen molar-refractivity contribution in [3.8, 4) is 0 Å². The standard InChI is InChI=1S/C12H28P2.C7H8.BF4.Rh/c1-11(2,3)13(7)9-10-14(8)12(4,5)6;1-2-7-4-3-6(1)5-7;2-1(3,4)5;/h9-10H2,1-8H3;1-4,6-7H,5H2;;/q;;-1;. The average Bonchev–Trinajstić information content (AvgIpc) is 3.06. The van der Waals surface area contributed by atoms with E-state index in [2.05, 4.69) is 79.2 Å². The van der Waals surface area contributed by atoms with Gasteiger partial charge in [-0.3, -0.25) is 0 Å². The average molecular weight is 516 g/mol. The quantitative estimate of drug-likeness (QED) is 0.155. The molecule has 2 rings (SSSR count). The molecule has 2 unspecified atom stereocenters. The van der Waals surface area contributed by atoms with Gasteiger partial charge in [0.1, 0.15) is 0 Å². The van der Waals surface area contributed by atoms with Crippen LogP contribution in [0.4, 0.5) is 17.3 Å². The molecule has 1 radical (unpaired) electrons. The van der Waals surface area contributed by atoms with Gasteiger partial charge >= 0.3 is 7.25 Å². The summed E-state index contributed by atoms with van der Waals surface area (Å²) in [7, 11) is -5.57. The van der Waals surface area contributed by atoms with E-state index in [9.17, 15) is 17.3 Å².